The predicted octanol–water partition coefficient (Wildman–Crippen LogP) is 3.31. The molecule has 4 nitrogen and oxygen atoms in total. The van der Waals surface area contributed by atoms with Crippen LogP contribution in [0.3, 0.4) is 0 Å². The summed E-state index contributed by atoms with van der Waals surface area (Å²) in [6.45, 7) is 0.165. The molecule has 0 fully saturated rings. The Morgan fingerprint density at radius 1 is 1.12 bits per heavy atom. The second-order valence-electron chi connectivity index (χ2n) is 4.99. The quantitative estimate of drug-likeness (QED) is 0.882. The minimum Gasteiger partial charge on any atom is -0.376 e. The van der Waals surface area contributed by atoms with Gasteiger partial charge in [-0.3, -0.25) is 4.79 Å². The number of amides is 1. The van der Waals surface area contributed by atoms with Gasteiger partial charge in [0.2, 0.25) is 5.91 Å². The third kappa shape index (κ3) is 4.74. The lowest BCUT2D eigenvalue weighted by Gasteiger charge is -2.12. The van der Waals surface area contributed by atoms with Gasteiger partial charge < -0.3 is 10.6 Å². The van der Waals surface area contributed by atoms with Crippen LogP contribution in [0.2, 0.25) is 0 Å². The van der Waals surface area contributed by atoms with Gasteiger partial charge in [-0.2, -0.15) is 18.4 Å². The van der Waals surface area contributed by atoms with Crippen LogP contribution in [0.1, 0.15) is 16.7 Å². The maximum absolute atomic E-state index is 12.9. The highest BCUT2D eigenvalue weighted by molar-refractivity contribution is 5.80. The Hall–Kier alpha value is -3.01. The van der Waals surface area contributed by atoms with Gasteiger partial charge in [0.25, 0.3) is 0 Å². The van der Waals surface area contributed by atoms with Crippen molar-refractivity contribution in [1.82, 2.24) is 5.32 Å². The fourth-order valence-electron chi connectivity index (χ4n) is 2.03. The molecule has 0 atom stereocenters. The summed E-state index contributed by atoms with van der Waals surface area (Å²) >= 11 is 0. The smallest absolute Gasteiger partial charge is 0.376 e. The lowest BCUT2D eigenvalue weighted by atomic mass is 10.1. The van der Waals surface area contributed by atoms with Crippen LogP contribution < -0.4 is 10.6 Å². The number of nitriles is 1. The Labute approximate surface area is 136 Å². The van der Waals surface area contributed by atoms with E-state index in [0.29, 0.717) is 6.54 Å². The SMILES string of the molecule is N#Cc1ccc(NCC(=O)NCc2ccccc2)cc1C(F)(F)F. The number of nitrogens with one attached hydrogen (secondary N) is 2. The Bertz CT molecular complexity index is 752. The third-order valence-electron chi connectivity index (χ3n) is 3.23. The van der Waals surface area contributed by atoms with E-state index in [4.69, 9.17) is 5.26 Å². The lowest BCUT2D eigenvalue weighted by molar-refractivity contribution is -0.137. The molecule has 0 aliphatic rings. The highest BCUT2D eigenvalue weighted by atomic mass is 19.4. The number of carbonyl (C=O) groups excluding carboxylic acids is 1. The van der Waals surface area contributed by atoms with Gasteiger partial charge in [-0.25, -0.2) is 0 Å². The first-order valence-corrected chi connectivity index (χ1v) is 7.06. The fourth-order valence-corrected chi connectivity index (χ4v) is 2.03. The number of anilines is 1. The summed E-state index contributed by atoms with van der Waals surface area (Å²) < 4.78 is 38.6. The van der Waals surface area contributed by atoms with Crippen molar-refractivity contribution in [3.8, 4) is 6.07 Å². The monoisotopic (exact) mass is 333 g/mol. The first-order chi connectivity index (χ1) is 11.4. The van der Waals surface area contributed by atoms with Crippen molar-refractivity contribution in [3.63, 3.8) is 0 Å². The molecule has 0 heterocycles. The van der Waals surface area contributed by atoms with E-state index >= 15 is 0 Å². The minimum absolute atomic E-state index is 0.121. The summed E-state index contributed by atoms with van der Waals surface area (Å²) in [4.78, 5) is 11.7. The van der Waals surface area contributed by atoms with Crippen LogP contribution in [0.25, 0.3) is 0 Å². The van der Waals surface area contributed by atoms with Crippen molar-refractivity contribution < 1.29 is 18.0 Å². The molecule has 0 saturated carbocycles. The van der Waals surface area contributed by atoms with Gasteiger partial charge in [-0.1, -0.05) is 30.3 Å². The first-order valence-electron chi connectivity index (χ1n) is 7.06. The van der Waals surface area contributed by atoms with E-state index in [9.17, 15) is 18.0 Å². The lowest BCUT2D eigenvalue weighted by Crippen LogP contribution is -2.29. The van der Waals surface area contributed by atoms with E-state index in [2.05, 4.69) is 10.6 Å². The molecule has 2 aromatic carbocycles. The fraction of sp³-hybridized carbons (Fsp3) is 0.176. The van der Waals surface area contributed by atoms with E-state index in [1.807, 2.05) is 30.3 Å². The predicted molar refractivity (Wildman–Crippen MR) is 82.9 cm³/mol. The zero-order valence-corrected chi connectivity index (χ0v) is 12.5. The molecule has 0 aliphatic carbocycles. The van der Waals surface area contributed by atoms with E-state index < -0.39 is 17.3 Å². The molecule has 0 spiro atoms. The molecule has 0 unspecified atom stereocenters. The van der Waals surface area contributed by atoms with Crippen LogP contribution in [0.5, 0.6) is 0 Å². The summed E-state index contributed by atoms with van der Waals surface area (Å²) in [7, 11) is 0. The number of halogens is 3. The molecule has 0 bridgehead atoms. The second kappa shape index (κ2) is 7.51. The van der Waals surface area contributed by atoms with E-state index in [1.54, 1.807) is 0 Å². The topological polar surface area (TPSA) is 64.9 Å². The highest BCUT2D eigenvalue weighted by Crippen LogP contribution is 2.33. The number of alkyl halides is 3. The molecular formula is C17H14F3N3O. The molecule has 2 rings (SSSR count). The normalized spacial score (nSPS) is 10.8. The molecule has 7 heteroatoms. The Balaban J connectivity index is 1.94. The zero-order valence-electron chi connectivity index (χ0n) is 12.5. The molecule has 0 saturated heterocycles. The van der Waals surface area contributed by atoms with Gasteiger partial charge in [-0.05, 0) is 23.8 Å². The Morgan fingerprint density at radius 2 is 1.83 bits per heavy atom. The van der Waals surface area contributed by atoms with Crippen molar-refractivity contribution in [3.05, 3.63) is 65.2 Å². The van der Waals surface area contributed by atoms with Crippen LogP contribution in [-0.4, -0.2) is 12.5 Å². The third-order valence-corrected chi connectivity index (χ3v) is 3.23. The maximum Gasteiger partial charge on any atom is 0.417 e. The van der Waals surface area contributed by atoms with Gasteiger partial charge in [0, 0.05) is 12.2 Å². The van der Waals surface area contributed by atoms with Gasteiger partial charge in [0.1, 0.15) is 0 Å². The van der Waals surface area contributed by atoms with Gasteiger partial charge >= 0.3 is 6.18 Å². The van der Waals surface area contributed by atoms with E-state index in [1.165, 1.54) is 12.1 Å². The van der Waals surface area contributed by atoms with Crippen molar-refractivity contribution in [2.45, 2.75) is 12.7 Å². The molecule has 1 amide bonds. The van der Waals surface area contributed by atoms with Crippen molar-refractivity contribution >= 4 is 11.6 Å². The van der Waals surface area contributed by atoms with Gasteiger partial charge in [0.05, 0.1) is 23.7 Å². The van der Waals surface area contributed by atoms with E-state index in [-0.39, 0.29) is 18.1 Å². The molecule has 124 valence electrons. The van der Waals surface area contributed by atoms with Gasteiger partial charge in [-0.15, -0.1) is 0 Å². The standard InChI is InChI=1S/C17H14F3N3O/c18-17(19,20)15-8-14(7-6-13(15)9-21)22-11-16(24)23-10-12-4-2-1-3-5-12/h1-8,22H,10-11H2,(H,23,24). The molecule has 0 radical (unpaired) electrons. The van der Waals surface area contributed by atoms with Gasteiger partial charge in [0.15, 0.2) is 0 Å². The van der Waals surface area contributed by atoms with Crippen LogP contribution in [-0.2, 0) is 17.5 Å². The minimum atomic E-state index is -4.63. The Kier molecular flexibility index (Phi) is 5.42. The number of nitrogens with zero attached hydrogens (tertiary/aromatic N) is 1. The molecule has 0 aliphatic heterocycles. The number of rotatable bonds is 5. The molecule has 0 aromatic heterocycles. The molecular weight excluding hydrogens is 319 g/mol. The maximum atomic E-state index is 12.9. The summed E-state index contributed by atoms with van der Waals surface area (Å²) in [5.74, 6) is -0.350. The second-order valence-corrected chi connectivity index (χ2v) is 4.99. The first kappa shape index (κ1) is 17.3. The average Bonchev–Trinajstić information content (AvgIpc) is 2.58. The molecule has 2 aromatic rings. The number of benzene rings is 2. The zero-order chi connectivity index (χ0) is 17.6. The molecule has 24 heavy (non-hydrogen) atoms. The largest absolute Gasteiger partial charge is 0.417 e. The highest BCUT2D eigenvalue weighted by Gasteiger charge is 2.33. The summed E-state index contributed by atoms with van der Waals surface area (Å²) in [6, 6.07) is 14.0. The van der Waals surface area contributed by atoms with Crippen molar-refractivity contribution in [2.24, 2.45) is 0 Å². The van der Waals surface area contributed by atoms with E-state index in [0.717, 1.165) is 17.7 Å². The van der Waals surface area contributed by atoms with Crippen molar-refractivity contribution in [1.29, 1.82) is 5.26 Å². The Morgan fingerprint density at radius 3 is 2.46 bits per heavy atom. The number of carbonyl (C=O) groups is 1. The molecule has 2 N–H and O–H groups in total. The van der Waals surface area contributed by atoms with Crippen LogP contribution in [0.15, 0.2) is 48.5 Å². The summed E-state index contributed by atoms with van der Waals surface area (Å²) in [5, 5.41) is 14.0. The van der Waals surface area contributed by atoms with Crippen LogP contribution in [0, 0.1) is 11.3 Å². The van der Waals surface area contributed by atoms with Crippen LogP contribution in [0.4, 0.5) is 18.9 Å². The summed E-state index contributed by atoms with van der Waals surface area (Å²) in [5.41, 5.74) is -0.443. The average molecular weight is 333 g/mol. The van der Waals surface area contributed by atoms with Crippen molar-refractivity contribution in [2.75, 3.05) is 11.9 Å². The number of hydrogen-bond donors (Lipinski definition) is 2. The summed E-state index contributed by atoms with van der Waals surface area (Å²) in [6.07, 6.45) is -4.63. The van der Waals surface area contributed by atoms with Crippen LogP contribution >= 0.6 is 0 Å². The number of hydrogen-bond acceptors (Lipinski definition) is 3.